The molecular weight excluding hydrogens is 306 g/mol. The highest BCUT2D eigenvalue weighted by Gasteiger charge is 2.35. The topological polar surface area (TPSA) is 80.2 Å². The Morgan fingerprint density at radius 2 is 2.17 bits per heavy atom. The number of hydrogen-bond donors (Lipinski definition) is 1. The van der Waals surface area contributed by atoms with Crippen molar-refractivity contribution >= 4 is 0 Å². The van der Waals surface area contributed by atoms with Crippen molar-refractivity contribution in [2.45, 2.75) is 51.1 Å². The minimum atomic E-state index is 0.186. The summed E-state index contributed by atoms with van der Waals surface area (Å²) in [6, 6.07) is 0.350. The van der Waals surface area contributed by atoms with Gasteiger partial charge in [0, 0.05) is 49.7 Å². The summed E-state index contributed by atoms with van der Waals surface area (Å²) in [6.45, 7) is 6.81. The molecule has 1 aliphatic heterocycles. The fraction of sp³-hybridized carbons (Fsp3) is 0.706. The minimum absolute atomic E-state index is 0.186. The largest absolute Gasteiger partial charge is 0.396 e. The van der Waals surface area contributed by atoms with E-state index >= 15 is 0 Å². The van der Waals surface area contributed by atoms with E-state index in [4.69, 9.17) is 4.52 Å². The average Bonchev–Trinajstić information content (AvgIpc) is 3.01. The average molecular weight is 331 g/mol. The Labute approximate surface area is 141 Å². The fourth-order valence-electron chi connectivity index (χ4n) is 3.51. The molecule has 0 bridgehead atoms. The Hall–Kier alpha value is -1.73. The highest BCUT2D eigenvalue weighted by atomic mass is 16.5. The van der Waals surface area contributed by atoms with E-state index in [-0.39, 0.29) is 12.5 Å². The number of aliphatic hydroxyl groups excluding tert-OH is 1. The Morgan fingerprint density at radius 3 is 2.83 bits per heavy atom. The lowest BCUT2D eigenvalue weighted by molar-refractivity contribution is 0.207. The van der Waals surface area contributed by atoms with Gasteiger partial charge in [-0.2, -0.15) is 10.1 Å². The van der Waals surface area contributed by atoms with Crippen molar-refractivity contribution < 1.29 is 9.63 Å². The van der Waals surface area contributed by atoms with Crippen LogP contribution >= 0.6 is 0 Å². The van der Waals surface area contributed by atoms with Crippen molar-refractivity contribution in [1.82, 2.24) is 24.8 Å². The van der Waals surface area contributed by atoms with Gasteiger partial charge in [0.2, 0.25) is 5.89 Å². The van der Waals surface area contributed by atoms with Gasteiger partial charge in [0.15, 0.2) is 5.82 Å². The number of aromatic nitrogens is 4. The molecule has 2 atom stereocenters. The first kappa shape index (κ1) is 15.8. The van der Waals surface area contributed by atoms with Crippen LogP contribution in [0, 0.1) is 5.92 Å². The second-order valence-electron chi connectivity index (χ2n) is 7.41. The lowest BCUT2D eigenvalue weighted by atomic mass is 9.92. The zero-order chi connectivity index (χ0) is 16.7. The standard InChI is InChI=1S/C17H25N5O2/c1-11(2)22-7-13(5-18-22)15-8-21(6-14(15)10-23)9-16-19-17(20-24-16)12-3-4-12/h5,7,11-12,14-15,23H,3-4,6,8-10H2,1-2H3/t14-,15-/m0/s1. The van der Waals surface area contributed by atoms with Gasteiger partial charge in [-0.3, -0.25) is 9.58 Å². The third-order valence-electron chi connectivity index (χ3n) is 5.12. The van der Waals surface area contributed by atoms with E-state index in [1.54, 1.807) is 0 Å². The highest BCUT2D eigenvalue weighted by Crippen LogP contribution is 2.38. The van der Waals surface area contributed by atoms with Crippen LogP contribution < -0.4 is 0 Å². The third kappa shape index (κ3) is 3.10. The molecule has 7 nitrogen and oxygen atoms in total. The maximum Gasteiger partial charge on any atom is 0.240 e. The monoisotopic (exact) mass is 331 g/mol. The molecule has 1 aliphatic carbocycles. The predicted octanol–water partition coefficient (Wildman–Crippen LogP) is 1.93. The second kappa shape index (κ2) is 6.29. The summed E-state index contributed by atoms with van der Waals surface area (Å²) in [5.41, 5.74) is 1.20. The molecule has 1 N–H and O–H groups in total. The van der Waals surface area contributed by atoms with Crippen molar-refractivity contribution in [2.75, 3.05) is 19.7 Å². The van der Waals surface area contributed by atoms with Crippen LogP contribution in [0.5, 0.6) is 0 Å². The number of nitrogens with zero attached hydrogens (tertiary/aromatic N) is 5. The van der Waals surface area contributed by atoms with E-state index in [1.807, 2.05) is 10.9 Å². The van der Waals surface area contributed by atoms with Gasteiger partial charge in [-0.15, -0.1) is 0 Å². The fourth-order valence-corrected chi connectivity index (χ4v) is 3.51. The van der Waals surface area contributed by atoms with Gasteiger partial charge in [-0.25, -0.2) is 0 Å². The lowest BCUT2D eigenvalue weighted by Crippen LogP contribution is -2.21. The molecule has 2 aromatic rings. The van der Waals surface area contributed by atoms with Gasteiger partial charge >= 0.3 is 0 Å². The van der Waals surface area contributed by atoms with Gasteiger partial charge < -0.3 is 9.63 Å². The molecule has 4 rings (SSSR count). The van der Waals surface area contributed by atoms with Crippen LogP contribution in [0.1, 0.15) is 61.8 Å². The number of rotatable bonds is 6. The summed E-state index contributed by atoms with van der Waals surface area (Å²) in [7, 11) is 0. The van der Waals surface area contributed by atoms with Crippen molar-refractivity contribution in [3.8, 4) is 0 Å². The van der Waals surface area contributed by atoms with Crippen LogP contribution in [0.25, 0.3) is 0 Å². The van der Waals surface area contributed by atoms with Gasteiger partial charge in [-0.05, 0) is 32.3 Å². The predicted molar refractivity (Wildman–Crippen MR) is 87.5 cm³/mol. The molecule has 1 saturated heterocycles. The summed E-state index contributed by atoms with van der Waals surface area (Å²) in [5.74, 6) is 2.58. The maximum absolute atomic E-state index is 9.78. The molecule has 130 valence electrons. The SMILES string of the molecule is CC(C)n1cc([C@@H]2CN(Cc3nc(C4CC4)no3)C[C@H]2CO)cn1. The Morgan fingerprint density at radius 1 is 1.33 bits per heavy atom. The minimum Gasteiger partial charge on any atom is -0.396 e. The van der Waals surface area contributed by atoms with E-state index in [1.165, 1.54) is 18.4 Å². The molecule has 0 radical (unpaired) electrons. The highest BCUT2D eigenvalue weighted by molar-refractivity contribution is 5.16. The van der Waals surface area contributed by atoms with E-state index in [2.05, 4.69) is 40.2 Å². The van der Waals surface area contributed by atoms with Crippen molar-refractivity contribution in [2.24, 2.45) is 5.92 Å². The first-order chi connectivity index (χ1) is 11.6. The third-order valence-corrected chi connectivity index (χ3v) is 5.12. The van der Waals surface area contributed by atoms with Crippen LogP contribution in [0.3, 0.4) is 0 Å². The Kier molecular flexibility index (Phi) is 4.14. The van der Waals surface area contributed by atoms with Crippen LogP contribution in [-0.2, 0) is 6.54 Å². The normalized spacial score (nSPS) is 25.0. The molecule has 24 heavy (non-hydrogen) atoms. The number of hydrogen-bond acceptors (Lipinski definition) is 6. The van der Waals surface area contributed by atoms with Crippen LogP contribution in [0.2, 0.25) is 0 Å². The Bertz CT molecular complexity index is 691. The van der Waals surface area contributed by atoms with Gasteiger partial charge in [-0.1, -0.05) is 5.16 Å². The second-order valence-corrected chi connectivity index (χ2v) is 7.41. The van der Waals surface area contributed by atoms with E-state index < -0.39 is 0 Å². The summed E-state index contributed by atoms with van der Waals surface area (Å²) in [6.07, 6.45) is 6.41. The summed E-state index contributed by atoms with van der Waals surface area (Å²) in [5, 5.41) is 18.3. The zero-order valence-corrected chi connectivity index (χ0v) is 14.3. The van der Waals surface area contributed by atoms with Gasteiger partial charge in [0.1, 0.15) is 0 Å². The molecule has 0 amide bonds. The maximum atomic E-state index is 9.78. The summed E-state index contributed by atoms with van der Waals surface area (Å²) >= 11 is 0. The van der Waals surface area contributed by atoms with Crippen molar-refractivity contribution in [3.63, 3.8) is 0 Å². The summed E-state index contributed by atoms with van der Waals surface area (Å²) < 4.78 is 7.37. The number of likely N-dealkylation sites (tertiary alicyclic amines) is 1. The molecule has 2 aliphatic rings. The van der Waals surface area contributed by atoms with Crippen LogP contribution in [0.15, 0.2) is 16.9 Å². The van der Waals surface area contributed by atoms with Crippen LogP contribution in [0.4, 0.5) is 0 Å². The Balaban J connectivity index is 1.44. The summed E-state index contributed by atoms with van der Waals surface area (Å²) in [4.78, 5) is 6.81. The molecular formula is C17H25N5O2. The van der Waals surface area contributed by atoms with Crippen molar-refractivity contribution in [3.05, 3.63) is 29.7 Å². The molecule has 3 heterocycles. The molecule has 2 aromatic heterocycles. The molecule has 2 fully saturated rings. The zero-order valence-electron chi connectivity index (χ0n) is 14.3. The van der Waals surface area contributed by atoms with Crippen LogP contribution in [-0.4, -0.2) is 49.6 Å². The number of aliphatic hydroxyl groups is 1. The molecule has 1 saturated carbocycles. The first-order valence-corrected chi connectivity index (χ1v) is 8.83. The quantitative estimate of drug-likeness (QED) is 0.871. The smallest absolute Gasteiger partial charge is 0.240 e. The molecule has 0 spiro atoms. The van der Waals surface area contributed by atoms with Gasteiger partial charge in [0.25, 0.3) is 0 Å². The lowest BCUT2D eigenvalue weighted by Gasteiger charge is -2.14. The molecule has 7 heteroatoms. The van der Waals surface area contributed by atoms with E-state index in [0.29, 0.717) is 30.3 Å². The van der Waals surface area contributed by atoms with Gasteiger partial charge in [0.05, 0.1) is 12.7 Å². The van der Waals surface area contributed by atoms with Crippen molar-refractivity contribution in [1.29, 1.82) is 0 Å². The van der Waals surface area contributed by atoms with E-state index in [0.717, 1.165) is 18.9 Å². The molecule has 0 unspecified atom stereocenters. The first-order valence-electron chi connectivity index (χ1n) is 8.83. The molecule has 0 aromatic carbocycles. The van der Waals surface area contributed by atoms with E-state index in [9.17, 15) is 5.11 Å².